The van der Waals surface area contributed by atoms with Crippen molar-refractivity contribution in [3.05, 3.63) is 36.9 Å². The molecule has 0 unspecified atom stereocenters. The smallest absolute Gasteiger partial charge is 0.279 e. The number of rotatable bonds is 5. The molecule has 1 saturated carbocycles. The van der Waals surface area contributed by atoms with E-state index in [1.165, 1.54) is 18.5 Å². The van der Waals surface area contributed by atoms with Crippen LogP contribution in [0.2, 0.25) is 0 Å². The van der Waals surface area contributed by atoms with Gasteiger partial charge in [0.05, 0.1) is 24.2 Å². The minimum atomic E-state index is -3.77. The minimum Gasteiger partial charge on any atom is -0.463 e. The first kappa shape index (κ1) is 15.0. The van der Waals surface area contributed by atoms with Crippen molar-refractivity contribution >= 4 is 15.7 Å². The number of furan rings is 1. The molecule has 0 aliphatic heterocycles. The van der Waals surface area contributed by atoms with Crippen molar-refractivity contribution in [2.24, 2.45) is 7.05 Å². The minimum absolute atomic E-state index is 0.157. The number of sulfonamides is 1. The second-order valence-corrected chi connectivity index (χ2v) is 7.48. The average Bonchev–Trinajstić information content (AvgIpc) is 3.17. The molecule has 0 saturated heterocycles. The van der Waals surface area contributed by atoms with E-state index >= 15 is 0 Å². The van der Waals surface area contributed by atoms with Gasteiger partial charge >= 0.3 is 0 Å². The molecule has 0 bridgehead atoms. The van der Waals surface area contributed by atoms with Gasteiger partial charge in [-0.1, -0.05) is 0 Å². The zero-order valence-electron chi connectivity index (χ0n) is 13.1. The Morgan fingerprint density at radius 2 is 2.17 bits per heavy atom. The Bertz CT molecular complexity index is 951. The average molecular weight is 347 g/mol. The molecule has 9 heteroatoms. The molecule has 3 aromatic rings. The quantitative estimate of drug-likeness (QED) is 0.765. The molecule has 1 aliphatic rings. The van der Waals surface area contributed by atoms with Crippen LogP contribution in [0.5, 0.6) is 0 Å². The predicted molar refractivity (Wildman–Crippen MR) is 86.8 cm³/mol. The van der Waals surface area contributed by atoms with Gasteiger partial charge in [-0.2, -0.15) is 18.6 Å². The van der Waals surface area contributed by atoms with Gasteiger partial charge in [0.25, 0.3) is 10.0 Å². The van der Waals surface area contributed by atoms with Crippen LogP contribution in [0.25, 0.3) is 11.5 Å². The van der Waals surface area contributed by atoms with E-state index in [1.807, 2.05) is 0 Å². The predicted octanol–water partition coefficient (Wildman–Crippen LogP) is 2.40. The van der Waals surface area contributed by atoms with E-state index in [0.717, 1.165) is 19.3 Å². The lowest BCUT2D eigenvalue weighted by molar-refractivity contribution is 0.271. The first-order valence-electron chi connectivity index (χ1n) is 7.68. The Kier molecular flexibility index (Phi) is 3.45. The zero-order valence-corrected chi connectivity index (χ0v) is 13.9. The number of nitrogens with one attached hydrogen (secondary N) is 1. The van der Waals surface area contributed by atoms with E-state index in [1.54, 1.807) is 34.7 Å². The zero-order chi connectivity index (χ0) is 16.7. The second-order valence-electron chi connectivity index (χ2n) is 5.85. The topological polar surface area (TPSA) is 95.0 Å². The summed E-state index contributed by atoms with van der Waals surface area (Å²) in [5.41, 5.74) is 0.814. The Hall–Kier alpha value is -2.55. The van der Waals surface area contributed by atoms with Crippen LogP contribution >= 0.6 is 0 Å². The summed E-state index contributed by atoms with van der Waals surface area (Å²) < 4.78 is 36.7. The Morgan fingerprint density at radius 1 is 1.33 bits per heavy atom. The summed E-state index contributed by atoms with van der Waals surface area (Å²) in [5.74, 6) is 0.501. The van der Waals surface area contributed by atoms with Crippen LogP contribution in [0, 0.1) is 0 Å². The van der Waals surface area contributed by atoms with E-state index in [-0.39, 0.29) is 11.1 Å². The summed E-state index contributed by atoms with van der Waals surface area (Å²) >= 11 is 0. The van der Waals surface area contributed by atoms with Gasteiger partial charge < -0.3 is 4.42 Å². The molecule has 126 valence electrons. The molecule has 8 nitrogen and oxygen atoms in total. The molecule has 0 spiro atoms. The molecular formula is C15H17N5O3S. The number of nitrogens with zero attached hydrogens (tertiary/aromatic N) is 4. The van der Waals surface area contributed by atoms with Gasteiger partial charge in [0.15, 0.2) is 16.5 Å². The van der Waals surface area contributed by atoms with Crippen LogP contribution in [0.3, 0.4) is 0 Å². The molecule has 0 aromatic carbocycles. The van der Waals surface area contributed by atoms with Crippen LogP contribution in [0.4, 0.5) is 5.69 Å². The third-order valence-electron chi connectivity index (χ3n) is 4.16. The summed E-state index contributed by atoms with van der Waals surface area (Å²) in [4.78, 5) is 0. The second kappa shape index (κ2) is 5.52. The molecule has 1 N–H and O–H groups in total. The van der Waals surface area contributed by atoms with Crippen molar-refractivity contribution < 1.29 is 12.8 Å². The third kappa shape index (κ3) is 2.50. The Morgan fingerprint density at radius 3 is 2.83 bits per heavy atom. The summed E-state index contributed by atoms with van der Waals surface area (Å²) in [6.45, 7) is 0. The van der Waals surface area contributed by atoms with Crippen molar-refractivity contribution in [1.82, 2.24) is 19.6 Å². The van der Waals surface area contributed by atoms with E-state index in [0.29, 0.717) is 17.1 Å². The first-order chi connectivity index (χ1) is 11.5. The maximum Gasteiger partial charge on any atom is 0.279 e. The molecule has 0 radical (unpaired) electrons. The van der Waals surface area contributed by atoms with Gasteiger partial charge in [-0.3, -0.25) is 9.40 Å². The number of hydrogen-bond acceptors (Lipinski definition) is 5. The van der Waals surface area contributed by atoms with Gasteiger partial charge in [-0.05, 0) is 37.5 Å². The number of aryl methyl sites for hydroxylation is 1. The maximum atomic E-state index is 12.8. The largest absolute Gasteiger partial charge is 0.463 e. The Labute approximate surface area is 139 Å². The highest BCUT2D eigenvalue weighted by Gasteiger charge is 2.29. The number of anilines is 1. The highest BCUT2D eigenvalue weighted by molar-refractivity contribution is 7.92. The lowest BCUT2D eigenvalue weighted by Crippen LogP contribution is -2.24. The summed E-state index contributed by atoms with van der Waals surface area (Å²) in [6.07, 6.45) is 7.66. The summed E-state index contributed by atoms with van der Waals surface area (Å²) in [5, 5.41) is 8.63. The van der Waals surface area contributed by atoms with Crippen molar-refractivity contribution in [3.8, 4) is 11.5 Å². The molecule has 0 amide bonds. The van der Waals surface area contributed by atoms with Crippen LogP contribution in [-0.4, -0.2) is 28.0 Å². The fourth-order valence-electron chi connectivity index (χ4n) is 2.78. The van der Waals surface area contributed by atoms with Crippen molar-refractivity contribution in [1.29, 1.82) is 0 Å². The van der Waals surface area contributed by atoms with Crippen molar-refractivity contribution in [3.63, 3.8) is 0 Å². The highest BCUT2D eigenvalue weighted by Crippen LogP contribution is 2.34. The number of aromatic nitrogens is 4. The molecular weight excluding hydrogens is 330 g/mol. The molecule has 24 heavy (non-hydrogen) atoms. The van der Waals surface area contributed by atoms with Crippen LogP contribution < -0.4 is 4.72 Å². The van der Waals surface area contributed by atoms with Gasteiger partial charge in [0.2, 0.25) is 0 Å². The fraction of sp³-hybridized carbons (Fsp3) is 0.333. The van der Waals surface area contributed by atoms with E-state index in [9.17, 15) is 8.42 Å². The Balaban J connectivity index is 1.69. The van der Waals surface area contributed by atoms with Crippen molar-refractivity contribution in [2.75, 3.05) is 4.72 Å². The van der Waals surface area contributed by atoms with Crippen molar-refractivity contribution in [2.45, 2.75) is 30.3 Å². The van der Waals surface area contributed by atoms with Gasteiger partial charge in [-0.15, -0.1) is 0 Å². The third-order valence-corrected chi connectivity index (χ3v) is 5.52. The molecule has 4 rings (SSSR count). The summed E-state index contributed by atoms with van der Waals surface area (Å²) in [6, 6.07) is 5.14. The van der Waals surface area contributed by atoms with E-state index < -0.39 is 10.0 Å². The molecule has 1 fully saturated rings. The monoisotopic (exact) mass is 347 g/mol. The van der Waals surface area contributed by atoms with Gasteiger partial charge in [0.1, 0.15) is 0 Å². The molecule has 3 aromatic heterocycles. The van der Waals surface area contributed by atoms with Gasteiger partial charge in [0, 0.05) is 13.2 Å². The van der Waals surface area contributed by atoms with Crippen LogP contribution in [0.15, 0.2) is 46.3 Å². The lowest BCUT2D eigenvalue weighted by atomic mass is 9.93. The first-order valence-corrected chi connectivity index (χ1v) is 9.17. The highest BCUT2D eigenvalue weighted by atomic mass is 32.2. The summed E-state index contributed by atoms with van der Waals surface area (Å²) in [7, 11) is -2.04. The molecule has 1 aliphatic carbocycles. The normalized spacial score (nSPS) is 15.4. The maximum absolute atomic E-state index is 12.8. The van der Waals surface area contributed by atoms with Crippen LogP contribution in [-0.2, 0) is 17.1 Å². The van der Waals surface area contributed by atoms with E-state index in [2.05, 4.69) is 14.9 Å². The fourth-order valence-corrected chi connectivity index (χ4v) is 4.00. The molecule has 0 atom stereocenters. The number of hydrogen-bond donors (Lipinski definition) is 1. The molecule has 3 heterocycles. The van der Waals surface area contributed by atoms with Crippen LogP contribution in [0.1, 0.15) is 25.3 Å². The standard InChI is InChI=1S/C15H17N5O3S/c1-19-10-12(15(17-19)13-6-3-9-23-13)18-24(21,22)14-7-8-16-20(14)11-4-2-5-11/h3,6-11,18H,2,4-5H2,1H3. The SMILES string of the molecule is Cn1cc(NS(=O)(=O)c2ccnn2C2CCC2)c(-c2ccco2)n1. The van der Waals surface area contributed by atoms with E-state index in [4.69, 9.17) is 4.42 Å². The van der Waals surface area contributed by atoms with Gasteiger partial charge in [-0.25, -0.2) is 4.68 Å². The lowest BCUT2D eigenvalue weighted by Gasteiger charge is -2.27.